The van der Waals surface area contributed by atoms with E-state index in [1.165, 1.54) is 0 Å². The van der Waals surface area contributed by atoms with Crippen LogP contribution in [0.2, 0.25) is 0 Å². The predicted molar refractivity (Wildman–Crippen MR) is 49.2 cm³/mol. The molecule has 0 aromatic heterocycles. The maximum atomic E-state index is 10.5. The van der Waals surface area contributed by atoms with Crippen LogP contribution >= 0.6 is 0 Å². The van der Waals surface area contributed by atoms with Crippen molar-refractivity contribution in [1.29, 1.82) is 0 Å². The highest BCUT2D eigenvalue weighted by molar-refractivity contribution is 5.86. The zero-order valence-electron chi connectivity index (χ0n) is 7.23. The van der Waals surface area contributed by atoms with Gasteiger partial charge in [0.1, 0.15) is 0 Å². The molecule has 0 spiro atoms. The fraction of sp³-hybridized carbons (Fsp3) is 0.300. The molecule has 1 rings (SSSR count). The van der Waals surface area contributed by atoms with Crippen LogP contribution in [0.4, 0.5) is 0 Å². The number of allylic oxidation sites excluding steroid dienone is 2. The van der Waals surface area contributed by atoms with Gasteiger partial charge in [-0.05, 0) is 6.42 Å². The molecule has 1 aliphatic rings. The molecule has 0 bridgehead atoms. The molecule has 0 radical (unpaired) electrons. The normalized spacial score (nSPS) is 25.9. The summed E-state index contributed by atoms with van der Waals surface area (Å²) in [5.74, 6) is -1.06. The number of aliphatic carboxylic acids is 1. The van der Waals surface area contributed by atoms with E-state index in [1.54, 1.807) is 18.2 Å². The van der Waals surface area contributed by atoms with Gasteiger partial charge in [-0.25, -0.2) is 4.79 Å². The second-order valence-corrected chi connectivity index (χ2v) is 3.18. The van der Waals surface area contributed by atoms with Crippen molar-refractivity contribution in [3.05, 3.63) is 36.5 Å². The molecule has 0 saturated heterocycles. The minimum Gasteiger partial charge on any atom is -0.478 e. The van der Waals surface area contributed by atoms with E-state index >= 15 is 0 Å². The van der Waals surface area contributed by atoms with Crippen molar-refractivity contribution < 1.29 is 15.0 Å². The Morgan fingerprint density at radius 1 is 1.54 bits per heavy atom. The van der Waals surface area contributed by atoms with Gasteiger partial charge < -0.3 is 10.2 Å². The van der Waals surface area contributed by atoms with Crippen LogP contribution < -0.4 is 0 Å². The lowest BCUT2D eigenvalue weighted by molar-refractivity contribution is -0.133. The molecule has 0 aromatic carbocycles. The first-order valence-corrected chi connectivity index (χ1v) is 4.01. The van der Waals surface area contributed by atoms with Crippen LogP contribution in [0, 0.1) is 0 Å². The minimum absolute atomic E-state index is 0.0300. The van der Waals surface area contributed by atoms with Crippen LogP contribution in [-0.4, -0.2) is 21.8 Å². The number of aliphatic hydroxyl groups is 1. The molecule has 0 amide bonds. The highest BCUT2D eigenvalue weighted by atomic mass is 16.4. The Morgan fingerprint density at radius 3 is 2.69 bits per heavy atom. The van der Waals surface area contributed by atoms with E-state index in [1.807, 2.05) is 6.08 Å². The van der Waals surface area contributed by atoms with Crippen molar-refractivity contribution in [1.82, 2.24) is 0 Å². The lowest BCUT2D eigenvalue weighted by Crippen LogP contribution is -2.28. The van der Waals surface area contributed by atoms with E-state index in [9.17, 15) is 9.90 Å². The van der Waals surface area contributed by atoms with Gasteiger partial charge in [-0.3, -0.25) is 0 Å². The van der Waals surface area contributed by atoms with E-state index in [0.29, 0.717) is 6.42 Å². The quantitative estimate of drug-likeness (QED) is 0.643. The van der Waals surface area contributed by atoms with Gasteiger partial charge in [0.2, 0.25) is 0 Å². The van der Waals surface area contributed by atoms with Gasteiger partial charge in [-0.1, -0.05) is 30.9 Å². The summed E-state index contributed by atoms with van der Waals surface area (Å²) in [6.07, 6.45) is 7.44. The summed E-state index contributed by atoms with van der Waals surface area (Å²) in [7, 11) is 0. The molecular weight excluding hydrogens is 168 g/mol. The van der Waals surface area contributed by atoms with Gasteiger partial charge >= 0.3 is 5.97 Å². The largest absolute Gasteiger partial charge is 0.478 e. The standard InChI is InChI=1S/C10H12O3/c1-8(9(11)12)7-10(13)5-3-2-4-6-10/h2-5,13H,1,6-7H2,(H,11,12). The maximum absolute atomic E-state index is 10.5. The number of hydrogen-bond donors (Lipinski definition) is 2. The second-order valence-electron chi connectivity index (χ2n) is 3.18. The third kappa shape index (κ3) is 2.56. The topological polar surface area (TPSA) is 57.5 Å². The molecule has 1 aliphatic carbocycles. The van der Waals surface area contributed by atoms with E-state index in [0.717, 1.165) is 0 Å². The van der Waals surface area contributed by atoms with Gasteiger partial charge in [0.25, 0.3) is 0 Å². The fourth-order valence-electron chi connectivity index (χ4n) is 1.23. The highest BCUT2D eigenvalue weighted by Gasteiger charge is 2.26. The predicted octanol–water partition coefficient (Wildman–Crippen LogP) is 1.26. The lowest BCUT2D eigenvalue weighted by atomic mass is 9.89. The molecule has 0 aliphatic heterocycles. The molecule has 2 N–H and O–H groups in total. The van der Waals surface area contributed by atoms with Crippen molar-refractivity contribution in [3.63, 3.8) is 0 Å². The van der Waals surface area contributed by atoms with Gasteiger partial charge in [0, 0.05) is 12.0 Å². The van der Waals surface area contributed by atoms with E-state index in [4.69, 9.17) is 5.11 Å². The van der Waals surface area contributed by atoms with Crippen molar-refractivity contribution in [2.24, 2.45) is 0 Å². The van der Waals surface area contributed by atoms with Crippen LogP contribution in [0.5, 0.6) is 0 Å². The van der Waals surface area contributed by atoms with Crippen LogP contribution in [0.25, 0.3) is 0 Å². The summed E-state index contributed by atoms with van der Waals surface area (Å²) in [6.45, 7) is 3.38. The summed E-state index contributed by atoms with van der Waals surface area (Å²) < 4.78 is 0. The van der Waals surface area contributed by atoms with Crippen molar-refractivity contribution >= 4 is 5.97 Å². The van der Waals surface area contributed by atoms with Crippen LogP contribution in [-0.2, 0) is 4.79 Å². The van der Waals surface area contributed by atoms with Crippen LogP contribution in [0.1, 0.15) is 12.8 Å². The Labute approximate surface area is 76.7 Å². The van der Waals surface area contributed by atoms with E-state index in [2.05, 4.69) is 6.58 Å². The molecule has 0 saturated carbocycles. The Balaban J connectivity index is 2.63. The molecular formula is C10H12O3. The number of carbonyl (C=O) groups is 1. The molecule has 13 heavy (non-hydrogen) atoms. The number of rotatable bonds is 3. The van der Waals surface area contributed by atoms with E-state index < -0.39 is 11.6 Å². The minimum atomic E-state index is -1.07. The summed E-state index contributed by atoms with van der Waals surface area (Å²) in [5.41, 5.74) is -1.04. The summed E-state index contributed by atoms with van der Waals surface area (Å²) in [6, 6.07) is 0. The lowest BCUT2D eigenvalue weighted by Gasteiger charge is -2.24. The molecule has 0 aromatic rings. The third-order valence-electron chi connectivity index (χ3n) is 1.95. The average Bonchev–Trinajstić information content (AvgIpc) is 2.04. The molecule has 0 fully saturated rings. The molecule has 1 unspecified atom stereocenters. The average molecular weight is 180 g/mol. The SMILES string of the molecule is C=C(CC1(O)C=CC=CC1)C(=O)O. The molecule has 1 atom stereocenters. The van der Waals surface area contributed by atoms with Crippen molar-refractivity contribution in [3.8, 4) is 0 Å². The molecule has 3 heteroatoms. The van der Waals surface area contributed by atoms with Gasteiger partial charge in [-0.15, -0.1) is 0 Å². The molecule has 0 heterocycles. The van der Waals surface area contributed by atoms with Crippen molar-refractivity contribution in [2.45, 2.75) is 18.4 Å². The van der Waals surface area contributed by atoms with Crippen LogP contribution in [0.3, 0.4) is 0 Å². The van der Waals surface area contributed by atoms with Crippen LogP contribution in [0.15, 0.2) is 36.5 Å². The fourth-order valence-corrected chi connectivity index (χ4v) is 1.23. The van der Waals surface area contributed by atoms with Crippen molar-refractivity contribution in [2.75, 3.05) is 0 Å². The van der Waals surface area contributed by atoms with E-state index in [-0.39, 0.29) is 12.0 Å². The zero-order valence-corrected chi connectivity index (χ0v) is 7.23. The van der Waals surface area contributed by atoms with Gasteiger partial charge in [0.15, 0.2) is 0 Å². The summed E-state index contributed by atoms with van der Waals surface area (Å²) in [4.78, 5) is 10.5. The number of carboxylic acids is 1. The summed E-state index contributed by atoms with van der Waals surface area (Å²) in [5, 5.41) is 18.4. The zero-order chi connectivity index (χ0) is 9.90. The highest BCUT2D eigenvalue weighted by Crippen LogP contribution is 2.24. The first-order valence-electron chi connectivity index (χ1n) is 4.01. The summed E-state index contributed by atoms with van der Waals surface area (Å²) >= 11 is 0. The number of hydrogen-bond acceptors (Lipinski definition) is 2. The smallest absolute Gasteiger partial charge is 0.331 e. The Kier molecular flexibility index (Phi) is 2.68. The second kappa shape index (κ2) is 3.58. The number of carboxylic acid groups (broad SMARTS) is 1. The monoisotopic (exact) mass is 180 g/mol. The Morgan fingerprint density at radius 2 is 2.23 bits per heavy atom. The maximum Gasteiger partial charge on any atom is 0.331 e. The molecule has 3 nitrogen and oxygen atoms in total. The Bertz CT molecular complexity index is 289. The Hall–Kier alpha value is -1.35. The molecule has 70 valence electrons. The first kappa shape index (κ1) is 9.74. The van der Waals surface area contributed by atoms with Gasteiger partial charge in [-0.2, -0.15) is 0 Å². The first-order chi connectivity index (χ1) is 6.03. The van der Waals surface area contributed by atoms with Gasteiger partial charge in [0.05, 0.1) is 5.60 Å². The third-order valence-corrected chi connectivity index (χ3v) is 1.95.